The van der Waals surface area contributed by atoms with Gasteiger partial charge in [0, 0.05) is 96.2 Å². The standard InChI is InChI=1S/C23H30N4.C21H21FN2O/c1-17-5-8-22-20(14-17)21-16-26(2)12-10-23(21)27(22)13-9-18-6-7-19(25-15-18)4-3-11-24;1-14-3-8-19-17(11-14)18-12-23(2)10-9-20(18)24(19)13-21(25)15-4-6-16(22)7-5-15/h5-8,14-15H,3-4,9-13,16,24H2,1-2H3;3-8,11H,9-10,12-13H2,1-2H3. The van der Waals surface area contributed by atoms with E-state index < -0.39 is 0 Å². The van der Waals surface area contributed by atoms with E-state index >= 15 is 0 Å². The van der Waals surface area contributed by atoms with Gasteiger partial charge in [-0.15, -0.1) is 0 Å². The molecule has 0 bridgehead atoms. The van der Waals surface area contributed by atoms with Gasteiger partial charge in [-0.3, -0.25) is 9.78 Å². The third-order valence-corrected chi connectivity index (χ3v) is 10.8. The maximum Gasteiger partial charge on any atom is 0.182 e. The fourth-order valence-electron chi connectivity index (χ4n) is 7.98. The Hall–Kier alpha value is -4.63. The van der Waals surface area contributed by atoms with Gasteiger partial charge < -0.3 is 24.7 Å². The highest BCUT2D eigenvalue weighted by atomic mass is 19.1. The zero-order chi connectivity index (χ0) is 36.4. The first-order valence-electron chi connectivity index (χ1n) is 18.7. The Balaban J connectivity index is 0.000000162. The van der Waals surface area contributed by atoms with Crippen molar-refractivity contribution in [3.8, 4) is 0 Å². The minimum atomic E-state index is -0.321. The van der Waals surface area contributed by atoms with Crippen LogP contribution in [0.1, 0.15) is 61.7 Å². The number of nitrogens with zero attached hydrogens (tertiary/aromatic N) is 5. The molecule has 0 atom stereocenters. The van der Waals surface area contributed by atoms with Crippen LogP contribution in [0.5, 0.6) is 0 Å². The number of hydrogen-bond acceptors (Lipinski definition) is 5. The molecule has 0 saturated heterocycles. The molecule has 0 spiro atoms. The van der Waals surface area contributed by atoms with Gasteiger partial charge in [0.1, 0.15) is 5.82 Å². The molecule has 0 fully saturated rings. The molecule has 0 aliphatic carbocycles. The maximum atomic E-state index is 13.1. The fourth-order valence-corrected chi connectivity index (χ4v) is 7.98. The summed E-state index contributed by atoms with van der Waals surface area (Å²) in [5.41, 5.74) is 19.3. The topological polar surface area (TPSA) is 72.3 Å². The lowest BCUT2D eigenvalue weighted by molar-refractivity contribution is 0.0972. The lowest BCUT2D eigenvalue weighted by Gasteiger charge is -2.24. The van der Waals surface area contributed by atoms with Crippen LogP contribution in [0.2, 0.25) is 0 Å². The number of Topliss-reactive ketones (excluding diaryl/α,β-unsaturated/α-hetero) is 1. The van der Waals surface area contributed by atoms with E-state index in [4.69, 9.17) is 5.73 Å². The zero-order valence-electron chi connectivity index (χ0n) is 31.1. The van der Waals surface area contributed by atoms with Crippen LogP contribution in [0.25, 0.3) is 21.8 Å². The monoisotopic (exact) mass is 698 g/mol. The molecular formula is C44H51FN6O. The highest BCUT2D eigenvalue weighted by molar-refractivity contribution is 5.97. The lowest BCUT2D eigenvalue weighted by Crippen LogP contribution is -2.28. The summed E-state index contributed by atoms with van der Waals surface area (Å²) in [5, 5.41) is 2.68. The molecule has 3 aromatic heterocycles. The number of carbonyl (C=O) groups excluding carboxylic acids is 1. The van der Waals surface area contributed by atoms with E-state index in [1.807, 2.05) is 6.20 Å². The Morgan fingerprint density at radius 2 is 1.37 bits per heavy atom. The molecule has 52 heavy (non-hydrogen) atoms. The second kappa shape index (κ2) is 15.5. The van der Waals surface area contributed by atoms with Crippen molar-refractivity contribution in [2.24, 2.45) is 5.73 Å². The van der Waals surface area contributed by atoms with E-state index in [0.29, 0.717) is 12.1 Å². The van der Waals surface area contributed by atoms with Gasteiger partial charge in [0.05, 0.1) is 6.54 Å². The van der Waals surface area contributed by atoms with Gasteiger partial charge in [-0.05, 0) is 125 Å². The Bertz CT molecular complexity index is 2200. The Morgan fingerprint density at radius 1 is 0.769 bits per heavy atom. The van der Waals surface area contributed by atoms with Crippen molar-refractivity contribution < 1.29 is 9.18 Å². The summed E-state index contributed by atoms with van der Waals surface area (Å²) >= 11 is 0. The summed E-state index contributed by atoms with van der Waals surface area (Å²) in [6, 6.07) is 23.5. The van der Waals surface area contributed by atoms with Gasteiger partial charge in [0.2, 0.25) is 0 Å². The van der Waals surface area contributed by atoms with Gasteiger partial charge >= 0.3 is 0 Å². The molecule has 0 radical (unpaired) electrons. The number of benzene rings is 3. The molecule has 2 aliphatic heterocycles. The number of ketones is 1. The van der Waals surface area contributed by atoms with Crippen LogP contribution in [0.3, 0.4) is 0 Å². The van der Waals surface area contributed by atoms with E-state index in [-0.39, 0.29) is 11.6 Å². The smallest absolute Gasteiger partial charge is 0.182 e. The number of fused-ring (bicyclic) bond motifs is 6. The zero-order valence-corrected chi connectivity index (χ0v) is 31.1. The molecule has 7 nitrogen and oxygen atoms in total. The summed E-state index contributed by atoms with van der Waals surface area (Å²) < 4.78 is 17.8. The molecule has 6 aromatic rings. The van der Waals surface area contributed by atoms with E-state index in [1.54, 1.807) is 12.1 Å². The van der Waals surface area contributed by atoms with Crippen LogP contribution in [0, 0.1) is 19.7 Å². The predicted molar refractivity (Wildman–Crippen MR) is 209 cm³/mol. The number of rotatable bonds is 9. The van der Waals surface area contributed by atoms with Crippen molar-refractivity contribution in [2.75, 3.05) is 33.7 Å². The first-order valence-corrected chi connectivity index (χ1v) is 18.7. The number of halogens is 1. The number of likely N-dealkylation sites (N-methyl/N-ethyl adjacent to an activating group) is 2. The van der Waals surface area contributed by atoms with Crippen LogP contribution < -0.4 is 5.73 Å². The molecule has 0 unspecified atom stereocenters. The first-order chi connectivity index (χ1) is 25.2. The number of pyridine rings is 1. The number of aryl methyl sites for hydroxylation is 5. The molecule has 0 amide bonds. The number of hydrogen-bond donors (Lipinski definition) is 1. The quantitative estimate of drug-likeness (QED) is 0.159. The van der Waals surface area contributed by atoms with Crippen LogP contribution >= 0.6 is 0 Å². The normalized spacial score (nSPS) is 14.7. The fraction of sp³-hybridized carbons (Fsp3) is 0.364. The summed E-state index contributed by atoms with van der Waals surface area (Å²) in [6.45, 7) is 10.4. The van der Waals surface area contributed by atoms with E-state index in [9.17, 15) is 9.18 Å². The second-order valence-corrected chi connectivity index (χ2v) is 14.8. The SMILES string of the molecule is Cc1ccc2c(c1)c1c(n2CC(=O)c2ccc(F)cc2)CCN(C)C1.Cc1ccc2c(c1)c1c(n2CCc2ccc(CCCN)nc2)CCN(C)C1. The Kier molecular flexibility index (Phi) is 10.7. The maximum absolute atomic E-state index is 13.1. The largest absolute Gasteiger partial charge is 0.344 e. The summed E-state index contributed by atoms with van der Waals surface area (Å²) in [5.74, 6) is -0.307. The van der Waals surface area contributed by atoms with E-state index in [0.717, 1.165) is 82.6 Å². The van der Waals surface area contributed by atoms with Gasteiger partial charge in [-0.1, -0.05) is 29.3 Å². The summed E-state index contributed by atoms with van der Waals surface area (Å²) in [4.78, 5) is 22.1. The van der Waals surface area contributed by atoms with Crippen molar-refractivity contribution in [1.29, 1.82) is 0 Å². The van der Waals surface area contributed by atoms with Gasteiger partial charge in [0.15, 0.2) is 5.78 Å². The van der Waals surface area contributed by atoms with Gasteiger partial charge in [-0.2, -0.15) is 0 Å². The average molecular weight is 699 g/mol. The van der Waals surface area contributed by atoms with Crippen molar-refractivity contribution >= 4 is 27.6 Å². The molecule has 3 aromatic carbocycles. The Morgan fingerprint density at radius 3 is 1.94 bits per heavy atom. The minimum Gasteiger partial charge on any atom is -0.344 e. The van der Waals surface area contributed by atoms with E-state index in [2.05, 4.69) is 100 Å². The molecular weight excluding hydrogens is 648 g/mol. The first kappa shape index (κ1) is 35.8. The van der Waals surface area contributed by atoms with Crippen molar-refractivity contribution in [2.45, 2.75) is 72.1 Å². The molecule has 0 saturated carbocycles. The summed E-state index contributed by atoms with van der Waals surface area (Å²) in [7, 11) is 4.35. The minimum absolute atomic E-state index is 0.0132. The molecule has 8 rings (SSSR count). The number of carbonyl (C=O) groups is 1. The van der Waals surface area contributed by atoms with Crippen LogP contribution in [-0.2, 0) is 51.9 Å². The van der Waals surface area contributed by atoms with Crippen LogP contribution in [-0.4, -0.2) is 63.4 Å². The molecule has 2 aliphatic rings. The van der Waals surface area contributed by atoms with Gasteiger partial charge in [0.25, 0.3) is 0 Å². The molecule has 8 heteroatoms. The highest BCUT2D eigenvalue weighted by Gasteiger charge is 2.24. The molecule has 270 valence electrons. The van der Waals surface area contributed by atoms with Crippen LogP contribution in [0.15, 0.2) is 79.0 Å². The van der Waals surface area contributed by atoms with E-state index in [1.165, 1.54) is 67.6 Å². The molecule has 2 N–H and O–H groups in total. The van der Waals surface area contributed by atoms with Crippen molar-refractivity contribution in [3.63, 3.8) is 0 Å². The van der Waals surface area contributed by atoms with Crippen LogP contribution in [0.4, 0.5) is 4.39 Å². The Labute approximate surface area is 306 Å². The third-order valence-electron chi connectivity index (χ3n) is 10.8. The second-order valence-electron chi connectivity index (χ2n) is 14.8. The highest BCUT2D eigenvalue weighted by Crippen LogP contribution is 2.33. The number of aromatic nitrogens is 3. The van der Waals surface area contributed by atoms with Gasteiger partial charge in [-0.25, -0.2) is 4.39 Å². The third kappa shape index (κ3) is 7.61. The lowest BCUT2D eigenvalue weighted by atomic mass is 10.0. The van der Waals surface area contributed by atoms with Crippen molar-refractivity contribution in [1.82, 2.24) is 23.9 Å². The molecule has 5 heterocycles. The average Bonchev–Trinajstić information content (AvgIpc) is 3.60. The summed E-state index contributed by atoms with van der Waals surface area (Å²) in [6.07, 6.45) is 7.11. The predicted octanol–water partition coefficient (Wildman–Crippen LogP) is 7.43. The number of nitrogens with two attached hydrogens (primary N) is 1. The van der Waals surface area contributed by atoms with Crippen molar-refractivity contribution in [3.05, 3.63) is 135 Å².